The topological polar surface area (TPSA) is 112 Å². The summed E-state index contributed by atoms with van der Waals surface area (Å²) in [4.78, 5) is 15.4. The number of rotatable bonds is 3. The van der Waals surface area contributed by atoms with Crippen molar-refractivity contribution in [3.8, 4) is 0 Å². The third-order valence-corrected chi connectivity index (χ3v) is 2.23. The molecule has 0 atom stereocenters. The van der Waals surface area contributed by atoms with Gasteiger partial charge in [0.25, 0.3) is 11.7 Å². The first-order valence-corrected chi connectivity index (χ1v) is 4.93. The van der Waals surface area contributed by atoms with E-state index in [2.05, 4.69) is 20.6 Å². The van der Waals surface area contributed by atoms with Crippen molar-refractivity contribution in [2.24, 2.45) is 7.05 Å². The number of nitrogens with two attached hydrogens (primary N) is 1. The van der Waals surface area contributed by atoms with Gasteiger partial charge in [-0.1, -0.05) is 5.16 Å². The van der Waals surface area contributed by atoms with Gasteiger partial charge in [0, 0.05) is 26.1 Å². The van der Waals surface area contributed by atoms with Gasteiger partial charge >= 0.3 is 0 Å². The minimum atomic E-state index is -0.412. The highest BCUT2D eigenvalue weighted by molar-refractivity contribution is 5.90. The molecule has 2 heterocycles. The SMILES string of the molecule is Cc1nc(C(=O)NCc2cnn(C)c2N)no1. The maximum absolute atomic E-state index is 11.6. The zero-order chi connectivity index (χ0) is 12.4. The van der Waals surface area contributed by atoms with Crippen LogP contribution in [0.15, 0.2) is 10.7 Å². The van der Waals surface area contributed by atoms with Crippen LogP contribution in [0.2, 0.25) is 0 Å². The molecule has 0 aliphatic rings. The summed E-state index contributed by atoms with van der Waals surface area (Å²) in [6, 6.07) is 0. The molecule has 1 amide bonds. The molecular formula is C9H12N6O2. The monoisotopic (exact) mass is 236 g/mol. The van der Waals surface area contributed by atoms with E-state index < -0.39 is 5.91 Å². The van der Waals surface area contributed by atoms with E-state index in [0.29, 0.717) is 11.7 Å². The van der Waals surface area contributed by atoms with Crippen LogP contribution in [0.3, 0.4) is 0 Å². The molecule has 0 aliphatic heterocycles. The second kappa shape index (κ2) is 4.24. The fourth-order valence-electron chi connectivity index (χ4n) is 1.27. The lowest BCUT2D eigenvalue weighted by molar-refractivity contribution is 0.0937. The Hall–Kier alpha value is -2.38. The number of nitrogens with zero attached hydrogens (tertiary/aromatic N) is 4. The highest BCUT2D eigenvalue weighted by atomic mass is 16.5. The van der Waals surface area contributed by atoms with Crippen LogP contribution in [0.5, 0.6) is 0 Å². The Bertz CT molecular complexity index is 543. The first-order chi connectivity index (χ1) is 8.08. The van der Waals surface area contributed by atoms with E-state index in [1.54, 1.807) is 20.2 Å². The van der Waals surface area contributed by atoms with Crippen molar-refractivity contribution in [2.45, 2.75) is 13.5 Å². The summed E-state index contributed by atoms with van der Waals surface area (Å²) < 4.78 is 6.23. The van der Waals surface area contributed by atoms with Gasteiger partial charge < -0.3 is 15.6 Å². The molecule has 3 N–H and O–H groups in total. The Morgan fingerprint density at radius 3 is 2.94 bits per heavy atom. The number of aryl methyl sites for hydroxylation is 2. The molecule has 0 unspecified atom stereocenters. The molecular weight excluding hydrogens is 224 g/mol. The number of nitrogen functional groups attached to an aromatic ring is 1. The van der Waals surface area contributed by atoms with Crippen LogP contribution in [-0.4, -0.2) is 25.8 Å². The van der Waals surface area contributed by atoms with Gasteiger partial charge in [0.2, 0.25) is 5.89 Å². The summed E-state index contributed by atoms with van der Waals surface area (Å²) >= 11 is 0. The average Bonchev–Trinajstić information content (AvgIpc) is 2.86. The normalized spacial score (nSPS) is 10.5. The van der Waals surface area contributed by atoms with E-state index in [4.69, 9.17) is 10.3 Å². The molecule has 90 valence electrons. The lowest BCUT2D eigenvalue weighted by atomic mass is 10.3. The van der Waals surface area contributed by atoms with E-state index in [1.165, 1.54) is 4.68 Å². The van der Waals surface area contributed by atoms with Crippen molar-refractivity contribution in [1.82, 2.24) is 25.2 Å². The lowest BCUT2D eigenvalue weighted by Crippen LogP contribution is -2.24. The molecule has 0 saturated carbocycles. The number of nitrogens with one attached hydrogen (secondary N) is 1. The fourth-order valence-corrected chi connectivity index (χ4v) is 1.27. The maximum atomic E-state index is 11.6. The highest BCUT2D eigenvalue weighted by Crippen LogP contribution is 2.08. The minimum absolute atomic E-state index is 0.00459. The molecule has 8 heteroatoms. The summed E-state index contributed by atoms with van der Waals surface area (Å²) in [5, 5.41) is 10.1. The number of anilines is 1. The largest absolute Gasteiger partial charge is 0.384 e. The second-order valence-corrected chi connectivity index (χ2v) is 3.50. The summed E-state index contributed by atoms with van der Waals surface area (Å²) in [6.07, 6.45) is 1.59. The van der Waals surface area contributed by atoms with Gasteiger partial charge in [0.15, 0.2) is 0 Å². The maximum Gasteiger partial charge on any atom is 0.292 e. The molecule has 0 aromatic carbocycles. The van der Waals surface area contributed by atoms with Crippen molar-refractivity contribution in [2.75, 3.05) is 5.73 Å². The molecule has 0 bridgehead atoms. The van der Waals surface area contributed by atoms with Crippen LogP contribution >= 0.6 is 0 Å². The highest BCUT2D eigenvalue weighted by Gasteiger charge is 2.13. The minimum Gasteiger partial charge on any atom is -0.384 e. The van der Waals surface area contributed by atoms with Crippen LogP contribution in [0.25, 0.3) is 0 Å². The smallest absolute Gasteiger partial charge is 0.292 e. The molecule has 2 aromatic heterocycles. The second-order valence-electron chi connectivity index (χ2n) is 3.50. The zero-order valence-electron chi connectivity index (χ0n) is 9.47. The molecule has 0 spiro atoms. The molecule has 2 rings (SSSR count). The van der Waals surface area contributed by atoms with Gasteiger partial charge in [-0.05, 0) is 0 Å². The van der Waals surface area contributed by atoms with Crippen LogP contribution in [0.4, 0.5) is 5.82 Å². The Balaban J connectivity index is 1.99. The molecule has 8 nitrogen and oxygen atoms in total. The number of carbonyl (C=O) groups excluding carboxylic acids is 1. The van der Waals surface area contributed by atoms with Crippen molar-refractivity contribution in [3.63, 3.8) is 0 Å². The van der Waals surface area contributed by atoms with Crippen molar-refractivity contribution >= 4 is 11.7 Å². The van der Waals surface area contributed by atoms with Crippen LogP contribution in [0, 0.1) is 6.92 Å². The van der Waals surface area contributed by atoms with Crippen molar-refractivity contribution in [3.05, 3.63) is 23.5 Å². The summed E-state index contributed by atoms with van der Waals surface area (Å²) in [5.74, 6) is 0.445. The predicted octanol–water partition coefficient (Wildman–Crippen LogP) is -0.376. The first-order valence-electron chi connectivity index (χ1n) is 4.93. The van der Waals surface area contributed by atoms with Crippen molar-refractivity contribution < 1.29 is 9.32 Å². The quantitative estimate of drug-likeness (QED) is 0.751. The molecule has 0 fully saturated rings. The molecule has 0 radical (unpaired) electrons. The molecule has 0 aliphatic carbocycles. The van der Waals surface area contributed by atoms with Gasteiger partial charge in [-0.15, -0.1) is 0 Å². The third-order valence-electron chi connectivity index (χ3n) is 2.23. The standard InChI is InChI=1S/C9H12N6O2/c1-5-13-8(14-17-5)9(16)11-3-6-4-12-15(2)7(6)10/h4H,3,10H2,1-2H3,(H,11,16). The number of hydrogen-bond acceptors (Lipinski definition) is 6. The Morgan fingerprint density at radius 1 is 1.65 bits per heavy atom. The first kappa shape index (κ1) is 11.1. The molecule has 17 heavy (non-hydrogen) atoms. The molecule has 0 saturated heterocycles. The van der Waals surface area contributed by atoms with E-state index in [-0.39, 0.29) is 12.4 Å². The van der Waals surface area contributed by atoms with E-state index >= 15 is 0 Å². The number of hydrogen-bond donors (Lipinski definition) is 2. The summed E-state index contributed by atoms with van der Waals surface area (Å²) in [7, 11) is 1.73. The van der Waals surface area contributed by atoms with E-state index in [1.807, 2.05) is 0 Å². The number of amides is 1. The lowest BCUT2D eigenvalue weighted by Gasteiger charge is -2.01. The van der Waals surface area contributed by atoms with Crippen molar-refractivity contribution in [1.29, 1.82) is 0 Å². The Morgan fingerprint density at radius 2 is 2.41 bits per heavy atom. The molecule has 2 aromatic rings. The predicted molar refractivity (Wildman–Crippen MR) is 57.8 cm³/mol. The van der Waals surface area contributed by atoms with Gasteiger partial charge in [0.1, 0.15) is 5.82 Å². The summed E-state index contributed by atoms with van der Waals surface area (Å²) in [6.45, 7) is 1.88. The third kappa shape index (κ3) is 2.25. The van der Waals surface area contributed by atoms with Gasteiger partial charge in [-0.25, -0.2) is 0 Å². The average molecular weight is 236 g/mol. The zero-order valence-corrected chi connectivity index (χ0v) is 9.47. The van der Waals surface area contributed by atoms with Gasteiger partial charge in [-0.2, -0.15) is 10.1 Å². The Labute approximate surface area is 96.8 Å². The number of aromatic nitrogens is 4. The Kier molecular flexibility index (Phi) is 2.77. The van der Waals surface area contributed by atoms with Gasteiger partial charge in [-0.3, -0.25) is 9.48 Å². The number of carbonyl (C=O) groups is 1. The van der Waals surface area contributed by atoms with Crippen LogP contribution in [-0.2, 0) is 13.6 Å². The van der Waals surface area contributed by atoms with Crippen LogP contribution in [0.1, 0.15) is 22.1 Å². The summed E-state index contributed by atoms with van der Waals surface area (Å²) in [5.41, 5.74) is 6.47. The van der Waals surface area contributed by atoms with E-state index in [0.717, 1.165) is 5.56 Å². The van der Waals surface area contributed by atoms with Crippen LogP contribution < -0.4 is 11.1 Å². The fraction of sp³-hybridized carbons (Fsp3) is 0.333. The van der Waals surface area contributed by atoms with E-state index in [9.17, 15) is 4.79 Å². The van der Waals surface area contributed by atoms with Gasteiger partial charge in [0.05, 0.1) is 6.20 Å².